The van der Waals surface area contributed by atoms with E-state index in [4.69, 9.17) is 5.73 Å². The first-order chi connectivity index (χ1) is 17.9. The molecule has 0 unspecified atom stereocenters. The van der Waals surface area contributed by atoms with Gasteiger partial charge in [0, 0.05) is 54.1 Å². The van der Waals surface area contributed by atoms with Crippen LogP contribution in [-0.2, 0) is 13.6 Å². The van der Waals surface area contributed by atoms with Crippen molar-refractivity contribution in [3.05, 3.63) is 89.9 Å². The number of halogens is 1. The van der Waals surface area contributed by atoms with Gasteiger partial charge in [-0.15, -0.1) is 0 Å². The summed E-state index contributed by atoms with van der Waals surface area (Å²) in [6.45, 7) is 1.27. The highest BCUT2D eigenvalue weighted by Gasteiger charge is 2.25. The minimum Gasteiger partial charge on any atom is -0.351 e. The van der Waals surface area contributed by atoms with E-state index < -0.39 is 5.82 Å². The third-order valence-electron chi connectivity index (χ3n) is 7.14. The minimum absolute atomic E-state index is 0.0631. The predicted octanol–water partition coefficient (Wildman–Crippen LogP) is 5.74. The third kappa shape index (κ3) is 5.13. The van der Waals surface area contributed by atoms with E-state index in [9.17, 15) is 14.0 Å². The van der Waals surface area contributed by atoms with E-state index in [2.05, 4.69) is 28.8 Å². The van der Waals surface area contributed by atoms with Crippen LogP contribution in [0.3, 0.4) is 0 Å². The van der Waals surface area contributed by atoms with Crippen molar-refractivity contribution in [3.63, 3.8) is 0 Å². The van der Waals surface area contributed by atoms with E-state index >= 15 is 0 Å². The number of aromatic nitrogens is 1. The highest BCUT2D eigenvalue weighted by molar-refractivity contribution is 5.97. The number of piperidine rings is 1. The molecule has 2 N–H and O–H groups in total. The second-order valence-corrected chi connectivity index (χ2v) is 9.60. The van der Waals surface area contributed by atoms with E-state index in [-0.39, 0.29) is 30.5 Å². The number of anilines is 1. The van der Waals surface area contributed by atoms with Crippen LogP contribution in [-0.4, -0.2) is 40.9 Å². The van der Waals surface area contributed by atoms with Crippen LogP contribution in [0.2, 0.25) is 0 Å². The van der Waals surface area contributed by atoms with Gasteiger partial charge in [-0.25, -0.2) is 9.18 Å². The molecule has 0 atom stereocenters. The average molecular weight is 499 g/mol. The molecule has 1 aromatic heterocycles. The Morgan fingerprint density at radius 1 is 0.919 bits per heavy atom. The quantitative estimate of drug-likeness (QED) is 0.345. The van der Waals surface area contributed by atoms with Crippen LogP contribution < -0.4 is 10.6 Å². The van der Waals surface area contributed by atoms with Crippen LogP contribution in [0.1, 0.15) is 35.2 Å². The number of urea groups is 1. The van der Waals surface area contributed by atoms with Gasteiger partial charge < -0.3 is 15.2 Å². The molecule has 1 aliphatic heterocycles. The summed E-state index contributed by atoms with van der Waals surface area (Å²) >= 11 is 0. The lowest BCUT2D eigenvalue weighted by Gasteiger charge is -2.33. The van der Waals surface area contributed by atoms with Crippen LogP contribution in [0.25, 0.3) is 22.0 Å². The molecular weight excluding hydrogens is 467 g/mol. The number of hydrogen-bond acceptors (Lipinski definition) is 3. The van der Waals surface area contributed by atoms with Crippen molar-refractivity contribution in [2.75, 3.05) is 24.5 Å². The molecule has 1 saturated heterocycles. The maximum atomic E-state index is 15.0. The summed E-state index contributed by atoms with van der Waals surface area (Å²) in [4.78, 5) is 29.0. The molecule has 0 bridgehead atoms. The van der Waals surface area contributed by atoms with Gasteiger partial charge in [-0.1, -0.05) is 30.3 Å². The molecule has 1 fully saturated rings. The summed E-state index contributed by atoms with van der Waals surface area (Å²) in [6, 6.07) is 20.5. The second kappa shape index (κ2) is 10.6. The molecule has 2 amide bonds. The summed E-state index contributed by atoms with van der Waals surface area (Å²) < 4.78 is 17.1. The summed E-state index contributed by atoms with van der Waals surface area (Å²) in [6.07, 6.45) is 5.07. The Bertz CT molecular complexity index is 1440. The summed E-state index contributed by atoms with van der Waals surface area (Å²) in [5.74, 6) is -0.848. The zero-order valence-electron chi connectivity index (χ0n) is 21.0. The maximum Gasteiger partial charge on any atom is 0.324 e. The lowest BCUT2D eigenvalue weighted by molar-refractivity contribution is 0.100. The number of nitrogens with zero attached hydrogens (tertiary/aromatic N) is 3. The van der Waals surface area contributed by atoms with Gasteiger partial charge in [-0.05, 0) is 66.8 Å². The van der Waals surface area contributed by atoms with Gasteiger partial charge in [0.25, 0.3) is 0 Å². The Morgan fingerprint density at radius 2 is 1.65 bits per heavy atom. The molecule has 0 saturated carbocycles. The molecule has 2 heterocycles. The third-order valence-corrected chi connectivity index (χ3v) is 7.14. The number of amides is 2. The Labute approximate surface area is 216 Å². The fourth-order valence-corrected chi connectivity index (χ4v) is 4.96. The average Bonchev–Trinajstić information content (AvgIpc) is 3.32. The van der Waals surface area contributed by atoms with E-state index in [0.29, 0.717) is 24.3 Å². The topological polar surface area (TPSA) is 71.6 Å². The predicted molar refractivity (Wildman–Crippen MR) is 145 cm³/mol. The van der Waals surface area contributed by atoms with Crippen molar-refractivity contribution in [1.82, 2.24) is 9.47 Å². The van der Waals surface area contributed by atoms with Crippen molar-refractivity contribution in [1.29, 1.82) is 0 Å². The minimum atomic E-state index is -0.525. The van der Waals surface area contributed by atoms with Crippen LogP contribution in [0.4, 0.5) is 14.9 Å². The molecule has 0 radical (unpaired) electrons. The van der Waals surface area contributed by atoms with Gasteiger partial charge in [-0.2, -0.15) is 0 Å². The summed E-state index contributed by atoms with van der Waals surface area (Å²) in [5.41, 5.74) is 9.99. The zero-order chi connectivity index (χ0) is 25.9. The van der Waals surface area contributed by atoms with E-state index in [0.717, 1.165) is 35.8 Å². The highest BCUT2D eigenvalue weighted by atomic mass is 19.1. The van der Waals surface area contributed by atoms with Gasteiger partial charge in [0.2, 0.25) is 0 Å². The van der Waals surface area contributed by atoms with Crippen LogP contribution in [0.5, 0.6) is 0 Å². The summed E-state index contributed by atoms with van der Waals surface area (Å²) in [7, 11) is 2.02. The first-order valence-electron chi connectivity index (χ1n) is 12.7. The number of hydrogen-bond donors (Lipinski definition) is 1. The fraction of sp³-hybridized carbons (Fsp3) is 0.267. The standard InChI is InChI=1S/C30H31FN4O2/c1-33-16-13-23-17-22(9-12-28(23)33)21-7-10-26(11-8-21)35(30(37)34-14-3-2-4-15-34)20-25-6-5-24(18-27(25)31)29(36)19-32/h5-13,16-18H,2-4,14-15,19-20,32H2,1H3. The molecule has 1 aliphatic rings. The molecule has 37 heavy (non-hydrogen) atoms. The lowest BCUT2D eigenvalue weighted by Crippen LogP contribution is -2.45. The number of carbonyl (C=O) groups excluding carboxylic acids is 2. The van der Waals surface area contributed by atoms with Crippen molar-refractivity contribution in [2.45, 2.75) is 25.8 Å². The molecule has 3 aromatic carbocycles. The van der Waals surface area contributed by atoms with Crippen LogP contribution >= 0.6 is 0 Å². The first-order valence-corrected chi connectivity index (χ1v) is 12.7. The van der Waals surface area contributed by atoms with E-state index in [1.165, 1.54) is 11.6 Å². The van der Waals surface area contributed by atoms with Gasteiger partial charge in [-0.3, -0.25) is 9.69 Å². The molecule has 7 heteroatoms. The molecule has 6 nitrogen and oxygen atoms in total. The lowest BCUT2D eigenvalue weighted by atomic mass is 10.0. The molecule has 4 aromatic rings. The van der Waals surface area contributed by atoms with Crippen molar-refractivity contribution in [3.8, 4) is 11.1 Å². The Morgan fingerprint density at radius 3 is 2.35 bits per heavy atom. The van der Waals surface area contributed by atoms with Gasteiger partial charge in [0.15, 0.2) is 5.78 Å². The normalized spacial score (nSPS) is 13.6. The van der Waals surface area contributed by atoms with Gasteiger partial charge in [0.05, 0.1) is 13.1 Å². The number of likely N-dealkylation sites (tertiary alicyclic amines) is 1. The molecular formula is C30H31FN4O2. The Hall–Kier alpha value is -3.97. The smallest absolute Gasteiger partial charge is 0.324 e. The number of carbonyl (C=O) groups is 2. The van der Waals surface area contributed by atoms with Crippen LogP contribution in [0, 0.1) is 5.82 Å². The second-order valence-electron chi connectivity index (χ2n) is 9.60. The molecule has 0 aliphatic carbocycles. The summed E-state index contributed by atoms with van der Waals surface area (Å²) in [5, 5.41) is 1.16. The Balaban J connectivity index is 1.45. The van der Waals surface area contributed by atoms with Gasteiger partial charge in [0.1, 0.15) is 5.82 Å². The Kier molecular flexibility index (Phi) is 7.06. The molecule has 5 rings (SSSR count). The van der Waals surface area contributed by atoms with Gasteiger partial charge >= 0.3 is 6.03 Å². The zero-order valence-corrected chi connectivity index (χ0v) is 21.0. The largest absolute Gasteiger partial charge is 0.351 e. The number of fused-ring (bicyclic) bond motifs is 1. The fourth-order valence-electron chi connectivity index (χ4n) is 4.96. The molecule has 190 valence electrons. The van der Waals surface area contributed by atoms with E-state index in [1.807, 2.05) is 42.4 Å². The molecule has 0 spiro atoms. The van der Waals surface area contributed by atoms with Crippen LogP contribution in [0.15, 0.2) is 72.9 Å². The van der Waals surface area contributed by atoms with E-state index in [1.54, 1.807) is 17.0 Å². The van der Waals surface area contributed by atoms with Crippen molar-refractivity contribution < 1.29 is 14.0 Å². The number of aryl methyl sites for hydroxylation is 1. The number of ketones is 1. The number of rotatable bonds is 6. The highest BCUT2D eigenvalue weighted by Crippen LogP contribution is 2.29. The number of nitrogens with two attached hydrogens (primary N) is 1. The first kappa shape index (κ1) is 24.7. The maximum absolute atomic E-state index is 15.0. The monoisotopic (exact) mass is 498 g/mol. The SMILES string of the molecule is Cn1ccc2cc(-c3ccc(N(Cc4ccc(C(=O)CN)cc4F)C(=O)N4CCCCC4)cc3)ccc21. The number of Topliss-reactive ketones (excluding diaryl/α,β-unsaturated/α-hetero) is 1. The van der Waals surface area contributed by atoms with Crippen molar-refractivity contribution in [2.24, 2.45) is 12.8 Å². The number of benzene rings is 3. The van der Waals surface area contributed by atoms with Crippen molar-refractivity contribution >= 4 is 28.4 Å².